The van der Waals surface area contributed by atoms with Crippen LogP contribution in [-0.2, 0) is 6.42 Å². The Balaban J connectivity index is 1.75. The zero-order valence-electron chi connectivity index (χ0n) is 13.8. The topological polar surface area (TPSA) is 18.5 Å². The number of benzene rings is 2. The Morgan fingerprint density at radius 2 is 1.64 bits per heavy atom. The Kier molecular flexibility index (Phi) is 6.32. The molecule has 0 aliphatic heterocycles. The van der Waals surface area contributed by atoms with Crippen LogP contribution in [-0.4, -0.2) is 13.2 Å². The molecule has 2 aromatic carbocycles. The molecule has 0 saturated heterocycles. The second-order valence-corrected chi connectivity index (χ2v) is 6.12. The predicted octanol–water partition coefficient (Wildman–Crippen LogP) is 5.04. The van der Waals surface area contributed by atoms with E-state index in [1.807, 2.05) is 18.2 Å². The lowest BCUT2D eigenvalue weighted by molar-refractivity contribution is 0.270. The summed E-state index contributed by atoms with van der Waals surface area (Å²) in [5, 5.41) is 0. The van der Waals surface area contributed by atoms with Gasteiger partial charge >= 0.3 is 0 Å². The van der Waals surface area contributed by atoms with Crippen molar-refractivity contribution < 1.29 is 9.47 Å². The minimum absolute atomic E-state index is 0.548. The molecule has 0 radical (unpaired) electrons. The number of hydrogen-bond acceptors (Lipinski definition) is 2. The van der Waals surface area contributed by atoms with Gasteiger partial charge in [0.15, 0.2) is 0 Å². The van der Waals surface area contributed by atoms with E-state index in [0.29, 0.717) is 5.92 Å². The van der Waals surface area contributed by atoms with Gasteiger partial charge in [0.05, 0.1) is 13.2 Å². The van der Waals surface area contributed by atoms with E-state index in [0.717, 1.165) is 37.6 Å². The molecule has 2 aromatic rings. The van der Waals surface area contributed by atoms with Crippen LogP contribution < -0.4 is 9.47 Å². The first-order chi connectivity index (χ1) is 10.6. The van der Waals surface area contributed by atoms with Crippen molar-refractivity contribution in [2.45, 2.75) is 33.6 Å². The molecule has 0 bridgehead atoms. The zero-order valence-corrected chi connectivity index (χ0v) is 13.8. The number of aryl methyl sites for hydroxylation is 2. The Labute approximate surface area is 134 Å². The first kappa shape index (κ1) is 16.4. The van der Waals surface area contributed by atoms with E-state index in [9.17, 15) is 0 Å². The second kappa shape index (κ2) is 8.47. The largest absolute Gasteiger partial charge is 0.494 e. The third-order valence-corrected chi connectivity index (χ3v) is 3.35. The zero-order chi connectivity index (χ0) is 15.8. The molecule has 0 spiro atoms. The standard InChI is InChI=1S/C20H26O2/c1-16(2)15-22-20-11-5-8-18(14-20)9-6-12-21-19-10-4-7-17(3)13-19/h4-5,7-8,10-11,13-14,16H,6,9,12,15H2,1-3H3. The van der Waals surface area contributed by atoms with Gasteiger partial charge in [-0.3, -0.25) is 0 Å². The van der Waals surface area contributed by atoms with Crippen LogP contribution in [0.25, 0.3) is 0 Å². The molecule has 0 unspecified atom stereocenters. The summed E-state index contributed by atoms with van der Waals surface area (Å²) in [6.07, 6.45) is 2.01. The van der Waals surface area contributed by atoms with E-state index >= 15 is 0 Å². The highest BCUT2D eigenvalue weighted by molar-refractivity contribution is 5.29. The van der Waals surface area contributed by atoms with Crippen molar-refractivity contribution in [2.24, 2.45) is 5.92 Å². The molecule has 0 N–H and O–H groups in total. The van der Waals surface area contributed by atoms with Crippen LogP contribution in [0.15, 0.2) is 48.5 Å². The molecule has 0 aliphatic rings. The molecule has 0 fully saturated rings. The average molecular weight is 298 g/mol. The Hall–Kier alpha value is -1.96. The van der Waals surface area contributed by atoms with Gasteiger partial charge in [0.2, 0.25) is 0 Å². The van der Waals surface area contributed by atoms with Gasteiger partial charge in [0.25, 0.3) is 0 Å². The monoisotopic (exact) mass is 298 g/mol. The highest BCUT2D eigenvalue weighted by Crippen LogP contribution is 2.16. The van der Waals surface area contributed by atoms with Gasteiger partial charge in [-0.05, 0) is 61.1 Å². The lowest BCUT2D eigenvalue weighted by atomic mass is 10.1. The number of ether oxygens (including phenoxy) is 2. The van der Waals surface area contributed by atoms with Crippen molar-refractivity contribution in [1.82, 2.24) is 0 Å². The van der Waals surface area contributed by atoms with Crippen LogP contribution in [0.1, 0.15) is 31.4 Å². The number of hydrogen-bond donors (Lipinski definition) is 0. The molecule has 2 rings (SSSR count). The summed E-state index contributed by atoms with van der Waals surface area (Å²) >= 11 is 0. The lowest BCUT2D eigenvalue weighted by Gasteiger charge is -2.10. The van der Waals surface area contributed by atoms with Gasteiger partial charge in [-0.15, -0.1) is 0 Å². The highest BCUT2D eigenvalue weighted by atomic mass is 16.5. The van der Waals surface area contributed by atoms with E-state index < -0.39 is 0 Å². The van der Waals surface area contributed by atoms with Crippen LogP contribution in [0.3, 0.4) is 0 Å². The molecule has 2 nitrogen and oxygen atoms in total. The molecule has 0 aliphatic carbocycles. The van der Waals surface area contributed by atoms with E-state index in [-0.39, 0.29) is 0 Å². The smallest absolute Gasteiger partial charge is 0.119 e. The van der Waals surface area contributed by atoms with Crippen molar-refractivity contribution in [3.8, 4) is 11.5 Å². The van der Waals surface area contributed by atoms with Gasteiger partial charge in [-0.2, -0.15) is 0 Å². The normalized spacial score (nSPS) is 10.7. The second-order valence-electron chi connectivity index (χ2n) is 6.12. The van der Waals surface area contributed by atoms with Gasteiger partial charge in [0, 0.05) is 0 Å². The fourth-order valence-corrected chi connectivity index (χ4v) is 2.23. The summed E-state index contributed by atoms with van der Waals surface area (Å²) in [7, 11) is 0. The summed E-state index contributed by atoms with van der Waals surface area (Å²) in [5.74, 6) is 2.46. The predicted molar refractivity (Wildman–Crippen MR) is 91.8 cm³/mol. The SMILES string of the molecule is Cc1cccc(OCCCc2cccc(OCC(C)C)c2)c1. The molecule has 118 valence electrons. The maximum atomic E-state index is 5.79. The summed E-state index contributed by atoms with van der Waals surface area (Å²) in [6.45, 7) is 7.90. The summed E-state index contributed by atoms with van der Waals surface area (Å²) in [4.78, 5) is 0. The molecule has 22 heavy (non-hydrogen) atoms. The first-order valence-corrected chi connectivity index (χ1v) is 8.04. The van der Waals surface area contributed by atoms with Gasteiger partial charge in [-0.25, -0.2) is 0 Å². The molecule has 2 heteroatoms. The minimum atomic E-state index is 0.548. The fraction of sp³-hybridized carbons (Fsp3) is 0.400. The van der Waals surface area contributed by atoms with Crippen molar-refractivity contribution in [1.29, 1.82) is 0 Å². The summed E-state index contributed by atoms with van der Waals surface area (Å²) < 4.78 is 11.6. The van der Waals surface area contributed by atoms with Gasteiger partial charge in [-0.1, -0.05) is 38.1 Å². The van der Waals surface area contributed by atoms with Crippen LogP contribution >= 0.6 is 0 Å². The average Bonchev–Trinajstić information content (AvgIpc) is 2.50. The van der Waals surface area contributed by atoms with Crippen molar-refractivity contribution in [2.75, 3.05) is 13.2 Å². The number of rotatable bonds is 8. The fourth-order valence-electron chi connectivity index (χ4n) is 2.23. The lowest BCUT2D eigenvalue weighted by Crippen LogP contribution is -2.05. The summed E-state index contributed by atoms with van der Waals surface area (Å²) in [6, 6.07) is 16.6. The van der Waals surface area contributed by atoms with E-state index in [2.05, 4.69) is 51.1 Å². The third-order valence-electron chi connectivity index (χ3n) is 3.35. The van der Waals surface area contributed by atoms with Crippen molar-refractivity contribution in [3.05, 3.63) is 59.7 Å². The van der Waals surface area contributed by atoms with Crippen LogP contribution in [0.4, 0.5) is 0 Å². The summed E-state index contributed by atoms with van der Waals surface area (Å²) in [5.41, 5.74) is 2.53. The van der Waals surface area contributed by atoms with Crippen molar-refractivity contribution >= 4 is 0 Å². The Bertz CT molecular complexity index is 575. The highest BCUT2D eigenvalue weighted by Gasteiger charge is 2.00. The first-order valence-electron chi connectivity index (χ1n) is 8.04. The Morgan fingerprint density at radius 1 is 0.909 bits per heavy atom. The molecule has 0 atom stereocenters. The Morgan fingerprint density at radius 3 is 2.36 bits per heavy atom. The van der Waals surface area contributed by atoms with Crippen LogP contribution in [0, 0.1) is 12.8 Å². The maximum absolute atomic E-state index is 5.79. The van der Waals surface area contributed by atoms with Crippen LogP contribution in [0.2, 0.25) is 0 Å². The quantitative estimate of drug-likeness (QED) is 0.635. The van der Waals surface area contributed by atoms with Crippen molar-refractivity contribution in [3.63, 3.8) is 0 Å². The molecular formula is C20H26O2. The van der Waals surface area contributed by atoms with Gasteiger partial charge in [0.1, 0.15) is 11.5 Å². The molecule has 0 amide bonds. The van der Waals surface area contributed by atoms with Crippen LogP contribution in [0.5, 0.6) is 11.5 Å². The third kappa shape index (κ3) is 5.80. The molecule has 0 aromatic heterocycles. The van der Waals surface area contributed by atoms with E-state index in [1.54, 1.807) is 0 Å². The maximum Gasteiger partial charge on any atom is 0.119 e. The molecule has 0 heterocycles. The van der Waals surface area contributed by atoms with E-state index in [1.165, 1.54) is 11.1 Å². The molecular weight excluding hydrogens is 272 g/mol. The van der Waals surface area contributed by atoms with Gasteiger partial charge < -0.3 is 9.47 Å². The minimum Gasteiger partial charge on any atom is -0.494 e. The van der Waals surface area contributed by atoms with E-state index in [4.69, 9.17) is 9.47 Å². The molecule has 0 saturated carbocycles.